The third kappa shape index (κ3) is 4.32. The van der Waals surface area contributed by atoms with Crippen LogP contribution in [0.3, 0.4) is 0 Å². The van der Waals surface area contributed by atoms with Gasteiger partial charge in [-0.05, 0) is 49.3 Å². The molecule has 3 heterocycles. The zero-order valence-corrected chi connectivity index (χ0v) is 16.9. The van der Waals surface area contributed by atoms with Crippen LogP contribution in [0.5, 0.6) is 0 Å². The highest BCUT2D eigenvalue weighted by atomic mass is 32.2. The molecule has 1 fully saturated rings. The Bertz CT molecular complexity index is 1010. The first-order chi connectivity index (χ1) is 14.2. The lowest BCUT2D eigenvalue weighted by Crippen LogP contribution is -2.40. The lowest BCUT2D eigenvalue weighted by Gasteiger charge is -2.32. The molecule has 0 N–H and O–H groups in total. The van der Waals surface area contributed by atoms with E-state index in [0.29, 0.717) is 30.0 Å². The Morgan fingerprint density at radius 2 is 2.17 bits per heavy atom. The van der Waals surface area contributed by atoms with Crippen LogP contribution in [0, 0.1) is 11.7 Å². The number of thioether (sulfide) groups is 1. The molecule has 150 valence electrons. The van der Waals surface area contributed by atoms with Crippen LogP contribution < -0.4 is 0 Å². The number of halogens is 1. The molecule has 4 rings (SSSR count). The molecule has 29 heavy (non-hydrogen) atoms. The quantitative estimate of drug-likeness (QED) is 0.588. The highest BCUT2D eigenvalue weighted by Crippen LogP contribution is 2.26. The summed E-state index contributed by atoms with van der Waals surface area (Å²) in [4.78, 5) is 23.5. The van der Waals surface area contributed by atoms with Crippen molar-refractivity contribution in [3.05, 3.63) is 59.9 Å². The van der Waals surface area contributed by atoms with E-state index in [1.54, 1.807) is 30.5 Å². The van der Waals surface area contributed by atoms with E-state index in [1.807, 2.05) is 17.2 Å². The number of hydrogen-bond donors (Lipinski definition) is 0. The summed E-state index contributed by atoms with van der Waals surface area (Å²) in [6, 6.07) is 9.97. The smallest absolute Gasteiger partial charge is 0.256 e. The summed E-state index contributed by atoms with van der Waals surface area (Å²) < 4.78 is 19.3. The van der Waals surface area contributed by atoms with Crippen molar-refractivity contribution in [3.63, 3.8) is 0 Å². The third-order valence-corrected chi connectivity index (χ3v) is 5.76. The fourth-order valence-corrected chi connectivity index (χ4v) is 4.18. The molecule has 3 aromatic rings. The number of carbonyl (C=O) groups is 1. The predicted octanol–water partition coefficient (Wildman–Crippen LogP) is 4.09. The maximum atomic E-state index is 13.9. The number of nitrogens with zero attached hydrogens (tertiary/aromatic N) is 4. The van der Waals surface area contributed by atoms with Crippen molar-refractivity contribution in [1.29, 1.82) is 0 Å². The van der Waals surface area contributed by atoms with Gasteiger partial charge in [-0.1, -0.05) is 17.3 Å². The van der Waals surface area contributed by atoms with E-state index < -0.39 is 0 Å². The second-order valence-electron chi connectivity index (χ2n) is 7.02. The largest absolute Gasteiger partial charge is 0.339 e. The molecule has 1 atom stereocenters. The van der Waals surface area contributed by atoms with E-state index in [9.17, 15) is 9.18 Å². The van der Waals surface area contributed by atoms with E-state index in [2.05, 4.69) is 15.1 Å². The van der Waals surface area contributed by atoms with Crippen LogP contribution in [-0.2, 0) is 6.42 Å². The van der Waals surface area contributed by atoms with E-state index >= 15 is 0 Å². The number of rotatable bonds is 5. The summed E-state index contributed by atoms with van der Waals surface area (Å²) in [6.45, 7) is 1.35. The average molecular weight is 412 g/mol. The van der Waals surface area contributed by atoms with Crippen molar-refractivity contribution in [2.75, 3.05) is 19.3 Å². The third-order valence-electron chi connectivity index (χ3n) is 5.05. The Hall–Kier alpha value is -2.74. The molecule has 0 bridgehead atoms. The van der Waals surface area contributed by atoms with E-state index in [0.717, 1.165) is 24.4 Å². The van der Waals surface area contributed by atoms with Gasteiger partial charge in [-0.2, -0.15) is 4.98 Å². The van der Waals surface area contributed by atoms with Crippen LogP contribution in [0.25, 0.3) is 11.4 Å². The van der Waals surface area contributed by atoms with Crippen LogP contribution >= 0.6 is 11.8 Å². The van der Waals surface area contributed by atoms with Crippen molar-refractivity contribution in [1.82, 2.24) is 20.0 Å². The maximum Gasteiger partial charge on any atom is 0.256 e. The van der Waals surface area contributed by atoms with Gasteiger partial charge in [-0.25, -0.2) is 9.37 Å². The van der Waals surface area contributed by atoms with Crippen molar-refractivity contribution < 1.29 is 13.7 Å². The highest BCUT2D eigenvalue weighted by molar-refractivity contribution is 7.98. The minimum atomic E-state index is -0.379. The first-order valence-corrected chi connectivity index (χ1v) is 10.7. The molecular weight excluding hydrogens is 391 g/mol. The molecule has 1 amide bonds. The van der Waals surface area contributed by atoms with Gasteiger partial charge < -0.3 is 9.42 Å². The topological polar surface area (TPSA) is 72.1 Å². The second-order valence-corrected chi connectivity index (χ2v) is 7.81. The summed E-state index contributed by atoms with van der Waals surface area (Å²) in [5.74, 6) is 0.562. The standard InChI is InChI=1S/C21H21FN4O2S/c1-29-20-16(8-4-10-23-20)21(27)26-11-5-6-14(13-26)12-18-24-19(25-28-18)15-7-2-3-9-17(15)22/h2-4,7-10,14H,5-6,11-13H2,1H3/t14-/m1/s1. The summed E-state index contributed by atoms with van der Waals surface area (Å²) in [6.07, 6.45) is 6.07. The van der Waals surface area contributed by atoms with Crippen molar-refractivity contribution in [2.45, 2.75) is 24.3 Å². The lowest BCUT2D eigenvalue weighted by molar-refractivity contribution is 0.0664. The van der Waals surface area contributed by atoms with Gasteiger partial charge in [0.25, 0.3) is 5.91 Å². The summed E-state index contributed by atoms with van der Waals surface area (Å²) in [5, 5.41) is 4.66. The van der Waals surface area contributed by atoms with Crippen LogP contribution in [0.2, 0.25) is 0 Å². The van der Waals surface area contributed by atoms with Gasteiger partial charge in [0.1, 0.15) is 10.8 Å². The van der Waals surface area contributed by atoms with Gasteiger partial charge >= 0.3 is 0 Å². The zero-order chi connectivity index (χ0) is 20.2. The van der Waals surface area contributed by atoms with E-state index in [1.165, 1.54) is 17.8 Å². The SMILES string of the molecule is CSc1ncccc1C(=O)N1CCC[C@H](Cc2nc(-c3ccccc3F)no2)C1. The Balaban J connectivity index is 1.44. The number of piperidine rings is 1. The number of carbonyl (C=O) groups excluding carboxylic acids is 1. The molecule has 2 aromatic heterocycles. The molecule has 1 aliphatic heterocycles. The molecule has 6 nitrogen and oxygen atoms in total. The monoisotopic (exact) mass is 412 g/mol. The van der Waals surface area contributed by atoms with Crippen LogP contribution in [0.1, 0.15) is 29.1 Å². The molecule has 1 saturated heterocycles. The first-order valence-electron chi connectivity index (χ1n) is 9.51. The van der Waals surface area contributed by atoms with E-state index in [-0.39, 0.29) is 23.5 Å². The fourth-order valence-electron chi connectivity index (χ4n) is 3.64. The number of aromatic nitrogens is 3. The number of pyridine rings is 1. The summed E-state index contributed by atoms with van der Waals surface area (Å²) in [5.41, 5.74) is 0.962. The minimum Gasteiger partial charge on any atom is -0.339 e. The Labute approximate surface area is 172 Å². The van der Waals surface area contributed by atoms with Crippen molar-refractivity contribution >= 4 is 17.7 Å². The number of hydrogen-bond acceptors (Lipinski definition) is 6. The highest BCUT2D eigenvalue weighted by Gasteiger charge is 2.27. The van der Waals surface area contributed by atoms with Crippen molar-refractivity contribution in [3.8, 4) is 11.4 Å². The molecule has 0 aliphatic carbocycles. The molecule has 0 saturated carbocycles. The summed E-state index contributed by atoms with van der Waals surface area (Å²) in [7, 11) is 0. The molecule has 0 spiro atoms. The van der Waals surface area contributed by atoms with Crippen molar-refractivity contribution in [2.24, 2.45) is 5.92 Å². The average Bonchev–Trinajstić information content (AvgIpc) is 3.22. The molecule has 0 radical (unpaired) electrons. The second kappa shape index (κ2) is 8.73. The maximum absolute atomic E-state index is 13.9. The predicted molar refractivity (Wildman–Crippen MR) is 108 cm³/mol. The Kier molecular flexibility index (Phi) is 5.89. The van der Waals surface area contributed by atoms with Crippen LogP contribution in [0.15, 0.2) is 52.1 Å². The van der Waals surface area contributed by atoms with Gasteiger partial charge in [-0.3, -0.25) is 4.79 Å². The lowest BCUT2D eigenvalue weighted by atomic mass is 9.94. The van der Waals surface area contributed by atoms with Gasteiger partial charge in [0.15, 0.2) is 0 Å². The van der Waals surface area contributed by atoms with E-state index in [4.69, 9.17) is 4.52 Å². The van der Waals surface area contributed by atoms with Gasteiger partial charge in [-0.15, -0.1) is 11.8 Å². The number of amides is 1. The normalized spacial score (nSPS) is 16.8. The molecule has 0 unspecified atom stereocenters. The minimum absolute atomic E-state index is 0.00437. The van der Waals surface area contributed by atoms with Crippen LogP contribution in [-0.4, -0.2) is 45.3 Å². The Morgan fingerprint density at radius 3 is 3.00 bits per heavy atom. The molecule has 1 aliphatic rings. The fraction of sp³-hybridized carbons (Fsp3) is 0.333. The van der Waals surface area contributed by atoms with Gasteiger partial charge in [0.05, 0.1) is 11.1 Å². The zero-order valence-electron chi connectivity index (χ0n) is 16.0. The molecule has 1 aromatic carbocycles. The van der Waals surface area contributed by atoms with Gasteiger partial charge in [0, 0.05) is 25.7 Å². The van der Waals surface area contributed by atoms with Gasteiger partial charge in [0.2, 0.25) is 11.7 Å². The number of likely N-dealkylation sites (tertiary alicyclic amines) is 1. The molecular formula is C21H21FN4O2S. The number of benzene rings is 1. The Morgan fingerprint density at radius 1 is 1.31 bits per heavy atom. The van der Waals surface area contributed by atoms with Crippen LogP contribution in [0.4, 0.5) is 4.39 Å². The summed E-state index contributed by atoms with van der Waals surface area (Å²) >= 11 is 1.47. The first kappa shape index (κ1) is 19.6. The molecule has 8 heteroatoms.